The van der Waals surface area contributed by atoms with Crippen molar-refractivity contribution in [2.24, 2.45) is 16.5 Å². The molecular formula is C32H46N8O7. The third-order valence-corrected chi connectivity index (χ3v) is 7.31. The quantitative estimate of drug-likeness (QED) is 0.104. The van der Waals surface area contributed by atoms with Gasteiger partial charge < -0.3 is 47.1 Å². The summed E-state index contributed by atoms with van der Waals surface area (Å²) in [6.45, 7) is 6.72. The Kier molecular flexibility index (Phi) is 12.8. The van der Waals surface area contributed by atoms with E-state index >= 15 is 0 Å². The number of methoxy groups -OCH3 is 1. The highest BCUT2D eigenvalue weighted by Crippen LogP contribution is 2.30. The lowest BCUT2D eigenvalue weighted by Gasteiger charge is -2.27. The predicted octanol–water partition coefficient (Wildman–Crippen LogP) is 1.35. The number of hydrogen-bond donors (Lipinski definition) is 6. The van der Waals surface area contributed by atoms with Gasteiger partial charge in [-0.15, -0.1) is 0 Å². The molecule has 47 heavy (non-hydrogen) atoms. The number of benzene rings is 2. The number of likely N-dealkylation sites (tertiary alicyclic amines) is 1. The number of aliphatic imine (C=N–C) groups is 1. The van der Waals surface area contributed by atoms with Crippen LogP contribution in [-0.2, 0) is 23.9 Å². The molecule has 256 valence electrons. The number of anilines is 1. The van der Waals surface area contributed by atoms with E-state index in [9.17, 15) is 24.0 Å². The molecule has 0 aromatic heterocycles. The van der Waals surface area contributed by atoms with Crippen molar-refractivity contribution in [3.05, 3.63) is 36.4 Å². The van der Waals surface area contributed by atoms with Crippen LogP contribution in [0, 0.1) is 0 Å². The van der Waals surface area contributed by atoms with Crippen molar-refractivity contribution in [1.29, 1.82) is 0 Å². The number of alkyl carbamates (subject to hydrolysis) is 1. The van der Waals surface area contributed by atoms with Crippen molar-refractivity contribution in [2.45, 2.75) is 77.1 Å². The molecule has 3 unspecified atom stereocenters. The second kappa shape index (κ2) is 16.5. The summed E-state index contributed by atoms with van der Waals surface area (Å²) in [7, 11) is 1.54. The number of nitrogens with two attached hydrogens (primary N) is 2. The Morgan fingerprint density at radius 1 is 1.06 bits per heavy atom. The minimum Gasteiger partial charge on any atom is -0.496 e. The molecule has 3 rings (SSSR count). The zero-order chi connectivity index (χ0) is 34.7. The van der Waals surface area contributed by atoms with Crippen LogP contribution >= 0.6 is 0 Å². The largest absolute Gasteiger partial charge is 0.496 e. The van der Waals surface area contributed by atoms with Crippen LogP contribution in [0.5, 0.6) is 5.75 Å². The molecule has 0 spiro atoms. The Morgan fingerprint density at radius 2 is 1.79 bits per heavy atom. The number of rotatable bonds is 13. The van der Waals surface area contributed by atoms with E-state index in [1.165, 1.54) is 11.8 Å². The summed E-state index contributed by atoms with van der Waals surface area (Å²) in [5, 5.41) is 12.3. The van der Waals surface area contributed by atoms with E-state index in [2.05, 4.69) is 26.3 Å². The fraction of sp³-hybridized carbons (Fsp3) is 0.500. The summed E-state index contributed by atoms with van der Waals surface area (Å²) in [6, 6.07) is 8.32. The van der Waals surface area contributed by atoms with E-state index in [0.717, 1.165) is 10.8 Å². The molecule has 15 heteroatoms. The van der Waals surface area contributed by atoms with Gasteiger partial charge in [-0.05, 0) is 64.8 Å². The molecule has 0 bridgehead atoms. The number of carbonyl (C=O) groups is 5. The second-order valence-corrected chi connectivity index (χ2v) is 12.2. The van der Waals surface area contributed by atoms with Crippen molar-refractivity contribution in [3.8, 4) is 5.75 Å². The second-order valence-electron chi connectivity index (χ2n) is 12.2. The molecule has 1 heterocycles. The normalized spacial score (nSPS) is 15.6. The minimum absolute atomic E-state index is 0.0829. The zero-order valence-corrected chi connectivity index (χ0v) is 27.6. The van der Waals surface area contributed by atoms with Gasteiger partial charge >= 0.3 is 6.09 Å². The first-order valence-corrected chi connectivity index (χ1v) is 15.5. The highest BCUT2D eigenvalue weighted by atomic mass is 16.6. The van der Waals surface area contributed by atoms with Gasteiger partial charge in [0.05, 0.1) is 13.7 Å². The molecule has 0 aliphatic carbocycles. The topological polar surface area (TPSA) is 220 Å². The van der Waals surface area contributed by atoms with Crippen LogP contribution < -0.4 is 37.5 Å². The lowest BCUT2D eigenvalue weighted by atomic mass is 10.1. The number of nitrogens with zero attached hydrogens (tertiary/aromatic N) is 2. The lowest BCUT2D eigenvalue weighted by Crippen LogP contribution is -2.54. The number of fused-ring (bicyclic) bond motifs is 1. The van der Waals surface area contributed by atoms with Gasteiger partial charge in [-0.25, -0.2) is 4.79 Å². The summed E-state index contributed by atoms with van der Waals surface area (Å²) in [4.78, 5) is 70.0. The van der Waals surface area contributed by atoms with Crippen molar-refractivity contribution in [2.75, 3.05) is 32.1 Å². The average Bonchev–Trinajstić information content (AvgIpc) is 3.50. The third-order valence-electron chi connectivity index (χ3n) is 7.31. The maximum Gasteiger partial charge on any atom is 0.408 e. The summed E-state index contributed by atoms with van der Waals surface area (Å²) < 4.78 is 10.7. The van der Waals surface area contributed by atoms with Crippen molar-refractivity contribution in [3.63, 3.8) is 0 Å². The summed E-state index contributed by atoms with van der Waals surface area (Å²) in [6.07, 6.45) is 0.795. The number of hydrogen-bond acceptors (Lipinski definition) is 8. The average molecular weight is 655 g/mol. The Labute approximate surface area is 274 Å². The van der Waals surface area contributed by atoms with Gasteiger partial charge in [0.2, 0.25) is 23.6 Å². The molecule has 0 saturated carbocycles. The van der Waals surface area contributed by atoms with Crippen LogP contribution in [0.3, 0.4) is 0 Å². The van der Waals surface area contributed by atoms with Crippen molar-refractivity contribution >= 4 is 52.1 Å². The number of amides is 5. The van der Waals surface area contributed by atoms with Gasteiger partial charge in [0.25, 0.3) is 0 Å². The number of ether oxygens (including phenoxy) is 2. The fourth-order valence-electron chi connectivity index (χ4n) is 5.09. The monoisotopic (exact) mass is 654 g/mol. The van der Waals surface area contributed by atoms with Gasteiger partial charge in [0.15, 0.2) is 5.96 Å². The van der Waals surface area contributed by atoms with Crippen LogP contribution in [-0.4, -0.2) is 91.1 Å². The first-order chi connectivity index (χ1) is 22.2. The van der Waals surface area contributed by atoms with Crippen molar-refractivity contribution in [1.82, 2.24) is 20.9 Å². The Hall–Kier alpha value is -5.08. The first kappa shape index (κ1) is 36.4. The first-order valence-electron chi connectivity index (χ1n) is 15.5. The molecule has 1 fully saturated rings. The summed E-state index contributed by atoms with van der Waals surface area (Å²) in [5.74, 6) is -1.53. The van der Waals surface area contributed by atoms with E-state index in [1.54, 1.807) is 33.9 Å². The molecule has 1 aliphatic rings. The van der Waals surface area contributed by atoms with Crippen LogP contribution in [0.4, 0.5) is 10.5 Å². The van der Waals surface area contributed by atoms with Crippen molar-refractivity contribution < 1.29 is 33.4 Å². The van der Waals surface area contributed by atoms with E-state index < -0.39 is 53.4 Å². The van der Waals surface area contributed by atoms with Gasteiger partial charge in [-0.2, -0.15) is 0 Å². The van der Waals surface area contributed by atoms with Crippen LogP contribution in [0.2, 0.25) is 0 Å². The third kappa shape index (κ3) is 11.0. The molecule has 0 radical (unpaired) electrons. The highest BCUT2D eigenvalue weighted by molar-refractivity contribution is 6.01. The number of nitrogens with one attached hydrogen (secondary N) is 4. The molecule has 5 amide bonds. The van der Waals surface area contributed by atoms with Gasteiger partial charge in [-0.1, -0.05) is 24.3 Å². The summed E-state index contributed by atoms with van der Waals surface area (Å²) in [5.41, 5.74) is 10.6. The zero-order valence-electron chi connectivity index (χ0n) is 27.6. The minimum atomic E-state index is -0.966. The molecular weight excluding hydrogens is 608 g/mol. The van der Waals surface area contributed by atoms with E-state index in [4.69, 9.17) is 20.9 Å². The predicted molar refractivity (Wildman–Crippen MR) is 178 cm³/mol. The Bertz CT molecular complexity index is 1490. The molecule has 3 atom stereocenters. The van der Waals surface area contributed by atoms with Crippen LogP contribution in [0.25, 0.3) is 10.8 Å². The lowest BCUT2D eigenvalue weighted by molar-refractivity contribution is -0.139. The molecule has 1 aliphatic heterocycles. The van der Waals surface area contributed by atoms with Crippen LogP contribution in [0.15, 0.2) is 41.4 Å². The Morgan fingerprint density at radius 3 is 2.47 bits per heavy atom. The smallest absolute Gasteiger partial charge is 0.408 e. The maximum absolute atomic E-state index is 13.5. The molecule has 8 N–H and O–H groups in total. The number of guanidine groups is 1. The molecule has 2 aromatic rings. The van der Waals surface area contributed by atoms with Gasteiger partial charge in [0.1, 0.15) is 29.5 Å². The van der Waals surface area contributed by atoms with Gasteiger partial charge in [-0.3, -0.25) is 24.2 Å². The SMILES string of the molecule is COc1cc(NC(=O)C(CCCN=C(N)N)NC(=O)C2CCCN2C(=O)CNC(=O)C(C)NC(=O)OC(C)(C)C)cc2ccccc12. The fourth-order valence-corrected chi connectivity index (χ4v) is 5.09. The van der Waals surface area contributed by atoms with Gasteiger partial charge in [0, 0.05) is 30.2 Å². The molecule has 2 aromatic carbocycles. The number of carbonyl (C=O) groups excluding carboxylic acids is 5. The summed E-state index contributed by atoms with van der Waals surface area (Å²) >= 11 is 0. The molecule has 1 saturated heterocycles. The highest BCUT2D eigenvalue weighted by Gasteiger charge is 2.36. The Balaban J connectivity index is 1.66. The van der Waals surface area contributed by atoms with E-state index in [1.807, 2.05) is 30.3 Å². The maximum atomic E-state index is 13.5. The standard InChI is InChI=1S/C32H46N8O7/c1-19(37-31(45)47-32(2,3)4)27(42)36-18-26(41)40-15-9-13-24(40)29(44)39-23(12-8-14-35-30(33)34)28(43)38-21-16-20-10-6-7-11-22(20)25(17-21)46-5/h6-7,10-11,16-17,19,23-24H,8-9,12-15,18H2,1-5H3,(H,36,42)(H,37,45)(H,38,43)(H,39,44)(H4,33,34,35). The van der Waals surface area contributed by atoms with E-state index in [0.29, 0.717) is 37.2 Å². The van der Waals surface area contributed by atoms with Crippen LogP contribution in [0.1, 0.15) is 53.4 Å². The van der Waals surface area contributed by atoms with E-state index in [-0.39, 0.29) is 25.5 Å². The molecule has 15 nitrogen and oxygen atoms in total.